The van der Waals surface area contributed by atoms with Crippen molar-refractivity contribution in [3.05, 3.63) is 42.0 Å². The van der Waals surface area contributed by atoms with Crippen molar-refractivity contribution in [3.63, 3.8) is 0 Å². The van der Waals surface area contributed by atoms with E-state index in [-0.39, 0.29) is 6.29 Å². The molecule has 2 rings (SSSR count). The average molecular weight is 235 g/mol. The molecule has 0 aromatic heterocycles. The van der Waals surface area contributed by atoms with Crippen LogP contribution in [0.5, 0.6) is 0 Å². The maximum absolute atomic E-state index is 5.71. The minimum atomic E-state index is -0.349. The van der Waals surface area contributed by atoms with Gasteiger partial charge in [-0.1, -0.05) is 43.7 Å². The predicted molar refractivity (Wildman–Crippen MR) is 65.3 cm³/mol. The second-order valence-electron chi connectivity index (χ2n) is 4.01. The fourth-order valence-corrected chi connectivity index (χ4v) is 1.73. The van der Waals surface area contributed by atoms with Gasteiger partial charge in [-0.15, -0.1) is 0 Å². The molecule has 1 saturated heterocycles. The fraction of sp³-hybridized carbons (Fsp3) is 0.500. The first-order chi connectivity index (χ1) is 8.42. The standard InChI is InChI=1S/C14H19O3/c1-2-3-9-16-14-13(15-10-11-17-14)12-7-5-4-6-8-12/h4-8,14H,2-3,9-11H2,1H3. The Bertz CT molecular complexity index is 313. The zero-order valence-electron chi connectivity index (χ0n) is 10.2. The summed E-state index contributed by atoms with van der Waals surface area (Å²) in [5.41, 5.74) is 1.04. The first kappa shape index (κ1) is 12.6. The molecule has 0 aliphatic carbocycles. The van der Waals surface area contributed by atoms with Crippen molar-refractivity contribution in [2.24, 2.45) is 0 Å². The minimum Gasteiger partial charge on any atom is -0.359 e. The lowest BCUT2D eigenvalue weighted by molar-refractivity contribution is -0.199. The van der Waals surface area contributed by atoms with E-state index in [1.54, 1.807) is 0 Å². The topological polar surface area (TPSA) is 27.7 Å². The molecule has 1 atom stereocenters. The summed E-state index contributed by atoms with van der Waals surface area (Å²) in [6, 6.07) is 9.99. The van der Waals surface area contributed by atoms with Gasteiger partial charge in [-0.25, -0.2) is 0 Å². The van der Waals surface area contributed by atoms with Crippen molar-refractivity contribution in [1.29, 1.82) is 0 Å². The summed E-state index contributed by atoms with van der Waals surface area (Å²) in [7, 11) is 0. The summed E-state index contributed by atoms with van der Waals surface area (Å²) in [5, 5.41) is 0. The van der Waals surface area contributed by atoms with Crippen molar-refractivity contribution < 1.29 is 14.2 Å². The van der Waals surface area contributed by atoms with Crippen LogP contribution in [0.3, 0.4) is 0 Å². The predicted octanol–water partition coefficient (Wildman–Crippen LogP) is 2.76. The van der Waals surface area contributed by atoms with E-state index < -0.39 is 0 Å². The van der Waals surface area contributed by atoms with Crippen LogP contribution < -0.4 is 0 Å². The molecular formula is C14H19O3. The number of unbranched alkanes of at least 4 members (excludes halogenated alkanes) is 1. The molecule has 1 aliphatic heterocycles. The lowest BCUT2D eigenvalue weighted by Crippen LogP contribution is -2.35. The highest BCUT2D eigenvalue weighted by Gasteiger charge is 2.30. The molecule has 0 saturated carbocycles. The highest BCUT2D eigenvalue weighted by Crippen LogP contribution is 2.26. The van der Waals surface area contributed by atoms with Gasteiger partial charge in [0, 0.05) is 6.61 Å². The van der Waals surface area contributed by atoms with Crippen molar-refractivity contribution in [3.8, 4) is 0 Å². The van der Waals surface area contributed by atoms with E-state index in [9.17, 15) is 0 Å². The molecule has 1 heterocycles. The monoisotopic (exact) mass is 235 g/mol. The van der Waals surface area contributed by atoms with Gasteiger partial charge in [-0.2, -0.15) is 0 Å². The molecule has 93 valence electrons. The average Bonchev–Trinajstić information content (AvgIpc) is 2.41. The van der Waals surface area contributed by atoms with Crippen LogP contribution >= 0.6 is 0 Å². The van der Waals surface area contributed by atoms with Crippen molar-refractivity contribution in [2.75, 3.05) is 19.8 Å². The fourth-order valence-electron chi connectivity index (χ4n) is 1.73. The van der Waals surface area contributed by atoms with Crippen LogP contribution in [0.2, 0.25) is 0 Å². The molecule has 3 nitrogen and oxygen atoms in total. The van der Waals surface area contributed by atoms with Gasteiger partial charge in [-0.3, -0.25) is 0 Å². The maximum Gasteiger partial charge on any atom is 0.194 e. The van der Waals surface area contributed by atoms with Gasteiger partial charge < -0.3 is 14.2 Å². The van der Waals surface area contributed by atoms with Crippen molar-refractivity contribution in [1.82, 2.24) is 0 Å². The van der Waals surface area contributed by atoms with E-state index in [2.05, 4.69) is 6.92 Å². The van der Waals surface area contributed by atoms with E-state index in [0.717, 1.165) is 24.5 Å². The first-order valence-corrected chi connectivity index (χ1v) is 6.20. The summed E-state index contributed by atoms with van der Waals surface area (Å²) >= 11 is 0. The van der Waals surface area contributed by atoms with Gasteiger partial charge in [0.25, 0.3) is 0 Å². The van der Waals surface area contributed by atoms with E-state index in [1.807, 2.05) is 30.3 Å². The molecule has 1 aliphatic rings. The second kappa shape index (κ2) is 6.74. The van der Waals surface area contributed by atoms with E-state index >= 15 is 0 Å². The summed E-state index contributed by atoms with van der Waals surface area (Å²) < 4.78 is 17.0. The molecule has 1 fully saturated rings. The molecule has 0 spiro atoms. The van der Waals surface area contributed by atoms with Crippen LogP contribution in [0.1, 0.15) is 25.3 Å². The van der Waals surface area contributed by atoms with E-state index in [1.165, 1.54) is 0 Å². The molecule has 0 amide bonds. The van der Waals surface area contributed by atoms with Crippen LogP contribution in [0.15, 0.2) is 30.3 Å². The maximum atomic E-state index is 5.71. The highest BCUT2D eigenvalue weighted by atomic mass is 16.7. The normalized spacial score (nSPS) is 21.6. The van der Waals surface area contributed by atoms with E-state index in [0.29, 0.717) is 19.8 Å². The van der Waals surface area contributed by atoms with Crippen LogP contribution in [0, 0.1) is 6.10 Å². The van der Waals surface area contributed by atoms with Crippen molar-refractivity contribution >= 4 is 0 Å². The highest BCUT2D eigenvalue weighted by molar-refractivity contribution is 5.28. The Balaban J connectivity index is 1.97. The van der Waals surface area contributed by atoms with Crippen LogP contribution in [-0.4, -0.2) is 26.1 Å². The third-order valence-electron chi connectivity index (χ3n) is 2.65. The molecular weight excluding hydrogens is 216 g/mol. The molecule has 1 unspecified atom stereocenters. The van der Waals surface area contributed by atoms with Gasteiger partial charge in [0.2, 0.25) is 0 Å². The summed E-state index contributed by atoms with van der Waals surface area (Å²) in [4.78, 5) is 0. The van der Waals surface area contributed by atoms with Gasteiger partial charge in [0.05, 0.1) is 13.2 Å². The quantitative estimate of drug-likeness (QED) is 0.734. The lowest BCUT2D eigenvalue weighted by Gasteiger charge is -2.30. The summed E-state index contributed by atoms with van der Waals surface area (Å²) in [6.45, 7) is 4.04. The Morgan fingerprint density at radius 2 is 2.06 bits per heavy atom. The molecule has 3 heteroatoms. The number of rotatable bonds is 5. The van der Waals surface area contributed by atoms with Gasteiger partial charge in [0.1, 0.15) is 0 Å². The Hall–Kier alpha value is -0.900. The summed E-state index contributed by atoms with van der Waals surface area (Å²) in [5.74, 6) is 0. The van der Waals surface area contributed by atoms with Crippen LogP contribution in [-0.2, 0) is 14.2 Å². The first-order valence-electron chi connectivity index (χ1n) is 6.20. The van der Waals surface area contributed by atoms with Gasteiger partial charge in [-0.05, 0) is 12.0 Å². The second-order valence-corrected chi connectivity index (χ2v) is 4.01. The Morgan fingerprint density at radius 1 is 1.24 bits per heavy atom. The molecule has 0 N–H and O–H groups in total. The number of ether oxygens (including phenoxy) is 3. The molecule has 17 heavy (non-hydrogen) atoms. The third-order valence-corrected chi connectivity index (χ3v) is 2.65. The molecule has 1 aromatic carbocycles. The summed E-state index contributed by atoms with van der Waals surface area (Å²) in [6.07, 6.45) is 2.61. The Morgan fingerprint density at radius 3 is 2.82 bits per heavy atom. The van der Waals surface area contributed by atoms with Crippen LogP contribution in [0.4, 0.5) is 0 Å². The Kier molecular flexibility index (Phi) is 4.98. The van der Waals surface area contributed by atoms with E-state index in [4.69, 9.17) is 14.2 Å². The largest absolute Gasteiger partial charge is 0.359 e. The lowest BCUT2D eigenvalue weighted by atomic mass is 10.1. The minimum absolute atomic E-state index is 0.349. The number of hydrogen-bond donors (Lipinski definition) is 0. The van der Waals surface area contributed by atoms with Gasteiger partial charge in [0.15, 0.2) is 12.4 Å². The SMILES string of the molecule is CCCCOC1OCCO[C]1c1ccccc1. The number of benzene rings is 1. The zero-order valence-corrected chi connectivity index (χ0v) is 10.2. The Labute approximate surface area is 103 Å². The molecule has 0 bridgehead atoms. The molecule has 1 aromatic rings. The van der Waals surface area contributed by atoms with Gasteiger partial charge >= 0.3 is 0 Å². The smallest absolute Gasteiger partial charge is 0.194 e. The van der Waals surface area contributed by atoms with Crippen LogP contribution in [0.25, 0.3) is 0 Å². The third kappa shape index (κ3) is 3.53. The number of hydrogen-bond acceptors (Lipinski definition) is 3. The zero-order chi connectivity index (χ0) is 11.9. The van der Waals surface area contributed by atoms with Crippen molar-refractivity contribution in [2.45, 2.75) is 26.1 Å². The molecule has 1 radical (unpaired) electrons.